The van der Waals surface area contributed by atoms with Crippen molar-refractivity contribution in [2.75, 3.05) is 0 Å². The summed E-state index contributed by atoms with van der Waals surface area (Å²) in [6.07, 6.45) is 3.75. The molecular weight excluding hydrogens is 340 g/mol. The van der Waals surface area contributed by atoms with E-state index in [0.29, 0.717) is 11.1 Å². The number of nitriles is 2. The third-order valence-electron chi connectivity index (χ3n) is 4.52. The number of hydrogen-bond acceptors (Lipinski definition) is 2. The second-order valence-corrected chi connectivity index (χ2v) is 6.74. The van der Waals surface area contributed by atoms with Crippen LogP contribution in [0.3, 0.4) is 0 Å². The first kappa shape index (κ1) is 18.9. The lowest BCUT2D eigenvalue weighted by atomic mass is 9.98. The van der Waals surface area contributed by atoms with E-state index in [9.17, 15) is 10.5 Å². The molecule has 0 aliphatic carbocycles. The molecular formula is C26H20N2. The van der Waals surface area contributed by atoms with E-state index < -0.39 is 0 Å². The molecule has 2 nitrogen and oxygen atoms in total. The summed E-state index contributed by atoms with van der Waals surface area (Å²) in [5, 5.41) is 19.1. The summed E-state index contributed by atoms with van der Waals surface area (Å²) in [5.74, 6) is 0. The fourth-order valence-electron chi connectivity index (χ4n) is 2.85. The second kappa shape index (κ2) is 8.67. The lowest BCUT2D eigenvalue weighted by molar-refractivity contribution is 1.46. The van der Waals surface area contributed by atoms with Crippen molar-refractivity contribution in [3.05, 3.63) is 106 Å². The molecule has 3 aromatic carbocycles. The molecule has 0 fully saturated rings. The van der Waals surface area contributed by atoms with E-state index in [-0.39, 0.29) is 0 Å². The molecule has 0 radical (unpaired) electrons. The van der Waals surface area contributed by atoms with Gasteiger partial charge < -0.3 is 0 Å². The molecule has 3 aromatic rings. The highest BCUT2D eigenvalue weighted by molar-refractivity contribution is 5.92. The number of allylic oxidation sites excluding steroid dienone is 2. The topological polar surface area (TPSA) is 47.6 Å². The summed E-state index contributed by atoms with van der Waals surface area (Å²) in [6, 6.07) is 28.2. The zero-order valence-electron chi connectivity index (χ0n) is 16.0. The highest BCUT2D eigenvalue weighted by Gasteiger charge is 2.05. The molecule has 134 valence electrons. The minimum atomic E-state index is 0.594. The predicted molar refractivity (Wildman–Crippen MR) is 116 cm³/mol. The van der Waals surface area contributed by atoms with Gasteiger partial charge in [-0.05, 0) is 48.3 Å². The van der Waals surface area contributed by atoms with Gasteiger partial charge >= 0.3 is 0 Å². The van der Waals surface area contributed by atoms with Gasteiger partial charge in [0.25, 0.3) is 0 Å². The number of rotatable bonds is 4. The zero-order valence-corrected chi connectivity index (χ0v) is 16.0. The summed E-state index contributed by atoms with van der Waals surface area (Å²) in [6.45, 7) is 4.07. The fourth-order valence-corrected chi connectivity index (χ4v) is 2.85. The van der Waals surface area contributed by atoms with Gasteiger partial charge in [0.15, 0.2) is 0 Å². The highest BCUT2D eigenvalue weighted by atomic mass is 14.3. The first-order valence-corrected chi connectivity index (χ1v) is 9.07. The lowest BCUT2D eigenvalue weighted by Crippen LogP contribution is -1.86. The van der Waals surface area contributed by atoms with Crippen molar-refractivity contribution in [1.29, 1.82) is 10.5 Å². The van der Waals surface area contributed by atoms with Crippen LogP contribution in [0.4, 0.5) is 0 Å². The van der Waals surface area contributed by atoms with Crippen molar-refractivity contribution in [2.45, 2.75) is 13.8 Å². The second-order valence-electron chi connectivity index (χ2n) is 6.74. The Balaban J connectivity index is 1.89. The molecule has 0 saturated carbocycles. The van der Waals surface area contributed by atoms with Gasteiger partial charge in [0.1, 0.15) is 0 Å². The molecule has 0 aliphatic rings. The molecule has 0 amide bonds. The van der Waals surface area contributed by atoms with Crippen molar-refractivity contribution >= 4 is 23.3 Å². The van der Waals surface area contributed by atoms with Crippen LogP contribution in [0.2, 0.25) is 0 Å². The van der Waals surface area contributed by atoms with Crippen LogP contribution in [0.1, 0.15) is 33.4 Å². The predicted octanol–water partition coefficient (Wildman–Crippen LogP) is 6.43. The maximum absolute atomic E-state index is 9.56. The molecule has 0 N–H and O–H groups in total. The van der Waals surface area contributed by atoms with Crippen LogP contribution in [0.25, 0.3) is 23.3 Å². The Morgan fingerprint density at radius 2 is 0.893 bits per heavy atom. The lowest BCUT2D eigenvalue weighted by Gasteiger charge is -2.04. The van der Waals surface area contributed by atoms with E-state index in [0.717, 1.165) is 22.3 Å². The zero-order chi connectivity index (χ0) is 19.9. The smallest absolute Gasteiger partial charge is 0.0998 e. The maximum Gasteiger partial charge on any atom is 0.0998 e. The Kier molecular flexibility index (Phi) is 5.85. The highest BCUT2D eigenvalue weighted by Crippen LogP contribution is 2.23. The van der Waals surface area contributed by atoms with Gasteiger partial charge in [0.05, 0.1) is 23.3 Å². The van der Waals surface area contributed by atoms with Crippen molar-refractivity contribution in [3.8, 4) is 12.1 Å². The Morgan fingerprint density at radius 3 is 1.18 bits per heavy atom. The van der Waals surface area contributed by atoms with Gasteiger partial charge in [-0.2, -0.15) is 10.5 Å². The largest absolute Gasteiger partial charge is 0.192 e. The summed E-state index contributed by atoms with van der Waals surface area (Å²) < 4.78 is 0. The number of benzene rings is 3. The molecule has 0 heterocycles. The van der Waals surface area contributed by atoms with E-state index in [1.807, 2.05) is 98.8 Å². The van der Waals surface area contributed by atoms with Crippen LogP contribution >= 0.6 is 0 Å². The minimum Gasteiger partial charge on any atom is -0.192 e. The quantitative estimate of drug-likeness (QED) is 0.397. The summed E-state index contributed by atoms with van der Waals surface area (Å²) >= 11 is 0. The van der Waals surface area contributed by atoms with Crippen LogP contribution in [0.15, 0.2) is 72.8 Å². The standard InChI is InChI=1S/C26H20N2/c1-19-3-7-21(8-4-19)15-25(17-27)23-11-13-24(14-12-23)26(18-28)16-22-9-5-20(2)6-10-22/h3-16H,1-2H3. The summed E-state index contributed by atoms with van der Waals surface area (Å²) in [5.41, 5.74) is 7.20. The average Bonchev–Trinajstić information content (AvgIpc) is 2.73. The molecule has 3 rings (SSSR count). The van der Waals surface area contributed by atoms with E-state index in [1.54, 1.807) is 0 Å². The van der Waals surface area contributed by atoms with Crippen LogP contribution in [0, 0.1) is 36.5 Å². The van der Waals surface area contributed by atoms with E-state index in [2.05, 4.69) is 12.1 Å². The van der Waals surface area contributed by atoms with E-state index >= 15 is 0 Å². The maximum atomic E-state index is 9.56. The Labute approximate surface area is 166 Å². The van der Waals surface area contributed by atoms with Gasteiger partial charge in [0.2, 0.25) is 0 Å². The fraction of sp³-hybridized carbons (Fsp3) is 0.0769. The van der Waals surface area contributed by atoms with Crippen LogP contribution in [-0.4, -0.2) is 0 Å². The van der Waals surface area contributed by atoms with Crippen molar-refractivity contribution in [3.63, 3.8) is 0 Å². The first-order chi connectivity index (χ1) is 13.6. The van der Waals surface area contributed by atoms with Crippen molar-refractivity contribution in [2.24, 2.45) is 0 Å². The molecule has 0 spiro atoms. The molecule has 0 aliphatic heterocycles. The van der Waals surface area contributed by atoms with E-state index in [1.165, 1.54) is 11.1 Å². The Bertz CT molecular complexity index is 1010. The normalized spacial score (nSPS) is 11.6. The number of nitrogens with zero attached hydrogens (tertiary/aromatic N) is 2. The Hall–Kier alpha value is -3.88. The minimum absolute atomic E-state index is 0.594. The Morgan fingerprint density at radius 1 is 0.571 bits per heavy atom. The van der Waals surface area contributed by atoms with E-state index in [4.69, 9.17) is 0 Å². The summed E-state index contributed by atoms with van der Waals surface area (Å²) in [4.78, 5) is 0. The molecule has 0 unspecified atom stereocenters. The third kappa shape index (κ3) is 4.64. The monoisotopic (exact) mass is 360 g/mol. The molecule has 0 aromatic heterocycles. The summed E-state index contributed by atoms with van der Waals surface area (Å²) in [7, 11) is 0. The van der Waals surface area contributed by atoms with Gasteiger partial charge in [0, 0.05) is 0 Å². The van der Waals surface area contributed by atoms with Crippen LogP contribution < -0.4 is 0 Å². The van der Waals surface area contributed by atoms with Crippen LogP contribution in [-0.2, 0) is 0 Å². The van der Waals surface area contributed by atoms with Crippen molar-refractivity contribution in [1.82, 2.24) is 0 Å². The van der Waals surface area contributed by atoms with Gasteiger partial charge in [-0.25, -0.2) is 0 Å². The molecule has 2 heteroatoms. The average molecular weight is 360 g/mol. The third-order valence-corrected chi connectivity index (χ3v) is 4.52. The SMILES string of the molecule is Cc1ccc(C=C(C#N)c2ccc(C(C#N)=Cc3ccc(C)cc3)cc2)cc1. The van der Waals surface area contributed by atoms with Crippen molar-refractivity contribution < 1.29 is 0 Å². The molecule has 0 atom stereocenters. The molecule has 0 saturated heterocycles. The van der Waals surface area contributed by atoms with Crippen LogP contribution in [0.5, 0.6) is 0 Å². The molecule has 28 heavy (non-hydrogen) atoms. The molecule has 0 bridgehead atoms. The number of hydrogen-bond donors (Lipinski definition) is 0. The van der Waals surface area contributed by atoms with Gasteiger partial charge in [-0.3, -0.25) is 0 Å². The van der Waals surface area contributed by atoms with Gasteiger partial charge in [-0.15, -0.1) is 0 Å². The first-order valence-electron chi connectivity index (χ1n) is 9.07. The number of aryl methyl sites for hydroxylation is 2. The van der Waals surface area contributed by atoms with Gasteiger partial charge in [-0.1, -0.05) is 83.9 Å².